The molecule has 1 aromatic heterocycles. The van der Waals surface area contributed by atoms with Gasteiger partial charge in [0.25, 0.3) is 5.95 Å². The maximum absolute atomic E-state index is 5.56. The fourth-order valence-corrected chi connectivity index (χ4v) is 1.47. The Morgan fingerprint density at radius 1 is 1.38 bits per heavy atom. The molecule has 0 saturated carbocycles. The van der Waals surface area contributed by atoms with Crippen molar-refractivity contribution < 1.29 is 4.52 Å². The lowest BCUT2D eigenvalue weighted by Gasteiger charge is -2.14. The van der Waals surface area contributed by atoms with E-state index in [4.69, 9.17) is 10.3 Å². The summed E-state index contributed by atoms with van der Waals surface area (Å²) in [4.78, 5) is 6.43. The maximum atomic E-state index is 5.56. The normalized spacial score (nSPS) is 12.8. The largest absolute Gasteiger partial charge is 0.339 e. The molecule has 0 spiro atoms. The lowest BCUT2D eigenvalue weighted by Crippen LogP contribution is -2.23. The molecule has 92 valence electrons. The smallest absolute Gasteiger partial charge is 0.266 e. The van der Waals surface area contributed by atoms with E-state index in [1.165, 1.54) is 0 Å². The van der Waals surface area contributed by atoms with Crippen molar-refractivity contribution in [2.24, 2.45) is 11.7 Å². The Morgan fingerprint density at radius 3 is 2.62 bits per heavy atom. The molecule has 1 heterocycles. The van der Waals surface area contributed by atoms with Crippen LogP contribution in [0.5, 0.6) is 0 Å². The number of hydrogen-bond donors (Lipinski definition) is 1. The van der Waals surface area contributed by atoms with Crippen LogP contribution in [0.4, 0.5) is 5.95 Å². The average Bonchev–Trinajstić information content (AvgIpc) is 2.76. The second-order valence-electron chi connectivity index (χ2n) is 4.04. The molecule has 16 heavy (non-hydrogen) atoms. The van der Waals surface area contributed by atoms with Crippen LogP contribution in [0.2, 0.25) is 0 Å². The Bertz CT molecular complexity index is 296. The molecule has 0 aliphatic carbocycles. The summed E-state index contributed by atoms with van der Waals surface area (Å²) in [6.45, 7) is 8.79. The highest BCUT2D eigenvalue weighted by atomic mass is 16.5. The monoisotopic (exact) mass is 226 g/mol. The van der Waals surface area contributed by atoms with Crippen LogP contribution in [0.3, 0.4) is 0 Å². The van der Waals surface area contributed by atoms with E-state index in [1.807, 2.05) is 0 Å². The second kappa shape index (κ2) is 6.48. The third-order valence-electron chi connectivity index (χ3n) is 2.76. The van der Waals surface area contributed by atoms with Gasteiger partial charge in [-0.3, -0.25) is 0 Å². The summed E-state index contributed by atoms with van der Waals surface area (Å²) in [6.07, 6.45) is 1.81. The van der Waals surface area contributed by atoms with Gasteiger partial charge in [-0.1, -0.05) is 6.92 Å². The highest BCUT2D eigenvalue weighted by Gasteiger charge is 2.11. The Morgan fingerprint density at radius 2 is 2.06 bits per heavy atom. The first-order valence-corrected chi connectivity index (χ1v) is 5.98. The summed E-state index contributed by atoms with van der Waals surface area (Å²) >= 11 is 0. The van der Waals surface area contributed by atoms with Crippen LogP contribution in [0.1, 0.15) is 33.1 Å². The van der Waals surface area contributed by atoms with Crippen LogP contribution in [-0.4, -0.2) is 29.8 Å². The van der Waals surface area contributed by atoms with Crippen molar-refractivity contribution in [1.29, 1.82) is 0 Å². The molecule has 1 aromatic rings. The van der Waals surface area contributed by atoms with Gasteiger partial charge in [0.15, 0.2) is 0 Å². The molecule has 0 aliphatic rings. The number of aromatic nitrogens is 2. The van der Waals surface area contributed by atoms with Gasteiger partial charge >= 0.3 is 0 Å². The number of nitrogens with two attached hydrogens (primary N) is 1. The minimum absolute atomic E-state index is 0.504. The van der Waals surface area contributed by atoms with Crippen LogP contribution in [-0.2, 0) is 6.42 Å². The minimum Gasteiger partial charge on any atom is -0.339 e. The van der Waals surface area contributed by atoms with E-state index in [2.05, 4.69) is 35.8 Å². The second-order valence-corrected chi connectivity index (χ2v) is 4.04. The van der Waals surface area contributed by atoms with E-state index in [0.29, 0.717) is 24.3 Å². The minimum atomic E-state index is 0.504. The van der Waals surface area contributed by atoms with Gasteiger partial charge in [0.2, 0.25) is 5.89 Å². The van der Waals surface area contributed by atoms with Crippen molar-refractivity contribution in [2.45, 2.75) is 33.6 Å². The van der Waals surface area contributed by atoms with Crippen molar-refractivity contribution in [2.75, 3.05) is 24.5 Å². The Labute approximate surface area is 97.0 Å². The molecule has 1 unspecified atom stereocenters. The summed E-state index contributed by atoms with van der Waals surface area (Å²) in [6, 6.07) is 0. The predicted octanol–water partition coefficient (Wildman–Crippen LogP) is 1.44. The maximum Gasteiger partial charge on any atom is 0.266 e. The molecule has 2 N–H and O–H groups in total. The topological polar surface area (TPSA) is 68.2 Å². The molecular formula is C11H22N4O. The first-order valence-electron chi connectivity index (χ1n) is 5.98. The molecule has 5 heteroatoms. The van der Waals surface area contributed by atoms with E-state index in [-0.39, 0.29) is 0 Å². The molecule has 0 radical (unpaired) electrons. The molecule has 1 atom stereocenters. The lowest BCUT2D eigenvalue weighted by atomic mass is 10.1. The number of hydrogen-bond acceptors (Lipinski definition) is 5. The highest BCUT2D eigenvalue weighted by molar-refractivity contribution is 5.26. The van der Waals surface area contributed by atoms with E-state index < -0.39 is 0 Å². The van der Waals surface area contributed by atoms with Gasteiger partial charge in [-0.25, -0.2) is 0 Å². The summed E-state index contributed by atoms with van der Waals surface area (Å²) in [7, 11) is 0. The van der Waals surface area contributed by atoms with Gasteiger partial charge in [-0.2, -0.15) is 4.98 Å². The van der Waals surface area contributed by atoms with Crippen molar-refractivity contribution >= 4 is 5.95 Å². The van der Waals surface area contributed by atoms with E-state index >= 15 is 0 Å². The summed E-state index contributed by atoms with van der Waals surface area (Å²) < 4.78 is 5.20. The van der Waals surface area contributed by atoms with E-state index in [9.17, 15) is 0 Å². The molecule has 0 aliphatic heterocycles. The lowest BCUT2D eigenvalue weighted by molar-refractivity contribution is 0.365. The van der Waals surface area contributed by atoms with Gasteiger partial charge in [0, 0.05) is 19.5 Å². The van der Waals surface area contributed by atoms with Crippen molar-refractivity contribution in [3.8, 4) is 0 Å². The predicted molar refractivity (Wildman–Crippen MR) is 64.4 cm³/mol. The standard InChI is InChI=1S/C11H22N4O/c1-4-15(5-2)11-13-10(16-14-11)7-6-9(3)8-12/h9H,4-8,12H2,1-3H3. The Kier molecular flexibility index (Phi) is 5.25. The van der Waals surface area contributed by atoms with Crippen LogP contribution in [0.25, 0.3) is 0 Å². The number of nitrogens with zero attached hydrogens (tertiary/aromatic N) is 3. The van der Waals surface area contributed by atoms with Gasteiger partial charge in [0.1, 0.15) is 0 Å². The van der Waals surface area contributed by atoms with Crippen LogP contribution in [0, 0.1) is 5.92 Å². The third-order valence-corrected chi connectivity index (χ3v) is 2.76. The average molecular weight is 226 g/mol. The van der Waals surface area contributed by atoms with Gasteiger partial charge in [-0.05, 0) is 37.9 Å². The molecule has 0 fully saturated rings. The molecule has 5 nitrogen and oxygen atoms in total. The van der Waals surface area contributed by atoms with Gasteiger partial charge in [-0.15, -0.1) is 0 Å². The quantitative estimate of drug-likeness (QED) is 0.762. The molecule has 0 bridgehead atoms. The first-order chi connectivity index (χ1) is 7.71. The Hall–Kier alpha value is -1.10. The fraction of sp³-hybridized carbons (Fsp3) is 0.818. The number of anilines is 1. The zero-order chi connectivity index (χ0) is 12.0. The summed E-state index contributed by atoms with van der Waals surface area (Å²) in [5, 5.41) is 3.97. The summed E-state index contributed by atoms with van der Waals surface area (Å²) in [5.41, 5.74) is 5.56. The SMILES string of the molecule is CCN(CC)c1noc(CCC(C)CN)n1. The zero-order valence-corrected chi connectivity index (χ0v) is 10.4. The van der Waals surface area contributed by atoms with Crippen LogP contribution in [0.15, 0.2) is 4.52 Å². The van der Waals surface area contributed by atoms with E-state index in [1.54, 1.807) is 0 Å². The fourth-order valence-electron chi connectivity index (χ4n) is 1.47. The van der Waals surface area contributed by atoms with Gasteiger partial charge < -0.3 is 15.2 Å². The molecule has 0 aromatic carbocycles. The highest BCUT2D eigenvalue weighted by Crippen LogP contribution is 2.12. The first kappa shape index (κ1) is 13.0. The van der Waals surface area contributed by atoms with Crippen LogP contribution < -0.4 is 10.6 Å². The van der Waals surface area contributed by atoms with Crippen molar-refractivity contribution in [1.82, 2.24) is 10.1 Å². The number of rotatable bonds is 7. The zero-order valence-electron chi connectivity index (χ0n) is 10.4. The van der Waals surface area contributed by atoms with E-state index in [0.717, 1.165) is 25.9 Å². The third kappa shape index (κ3) is 3.48. The van der Waals surface area contributed by atoms with Crippen molar-refractivity contribution in [3.05, 3.63) is 5.89 Å². The Balaban J connectivity index is 2.51. The molecule has 1 rings (SSSR count). The van der Waals surface area contributed by atoms with Gasteiger partial charge in [0.05, 0.1) is 0 Å². The molecule has 0 saturated heterocycles. The summed E-state index contributed by atoms with van der Waals surface area (Å²) in [5.74, 6) is 1.91. The molecular weight excluding hydrogens is 204 g/mol. The van der Waals surface area contributed by atoms with Crippen molar-refractivity contribution in [3.63, 3.8) is 0 Å². The van der Waals surface area contributed by atoms with Crippen LogP contribution >= 0.6 is 0 Å². The molecule has 0 amide bonds. The number of aryl methyl sites for hydroxylation is 1.